The van der Waals surface area contributed by atoms with E-state index in [9.17, 15) is 22.8 Å². The van der Waals surface area contributed by atoms with Crippen LogP contribution in [0.25, 0.3) is 0 Å². The van der Waals surface area contributed by atoms with Gasteiger partial charge in [-0.25, -0.2) is 0 Å². The third-order valence-electron chi connectivity index (χ3n) is 4.22. The molecule has 0 radical (unpaired) electrons. The van der Waals surface area contributed by atoms with Crippen LogP contribution < -0.4 is 10.9 Å². The Labute approximate surface area is 151 Å². The zero-order valence-electron chi connectivity index (χ0n) is 14.1. The third-order valence-corrected chi connectivity index (χ3v) is 5.13. The van der Waals surface area contributed by atoms with Crippen LogP contribution in [-0.2, 0) is 18.0 Å². The fourth-order valence-corrected chi connectivity index (χ4v) is 3.81. The van der Waals surface area contributed by atoms with Crippen molar-refractivity contribution in [2.24, 2.45) is 7.05 Å². The minimum absolute atomic E-state index is 0.0873. The molecular formula is C17H16F3N3O2S. The molecule has 138 valence electrons. The standard InChI is InChI=1S/C17H16F3N3O2S/c1-3-26-16-22-15(25)13-10(8-12(24)21-14(13)23(16)2)9-6-4-5-7-11(9)17(18,19)20/h4-7,10H,3,8H2,1-2H3,(H,21,24)/t10-/m0/s1. The summed E-state index contributed by atoms with van der Waals surface area (Å²) in [6.07, 6.45) is -4.82. The molecule has 1 aliphatic heterocycles. The molecule has 0 unspecified atom stereocenters. The number of hydrogen-bond donors (Lipinski definition) is 1. The van der Waals surface area contributed by atoms with Crippen LogP contribution in [0.1, 0.15) is 36.0 Å². The van der Waals surface area contributed by atoms with Crippen LogP contribution in [0.4, 0.5) is 19.0 Å². The largest absolute Gasteiger partial charge is 0.416 e. The number of anilines is 1. The number of rotatable bonds is 3. The Bertz CT molecular complexity index is 924. The summed E-state index contributed by atoms with van der Waals surface area (Å²) in [7, 11) is 1.63. The average molecular weight is 383 g/mol. The van der Waals surface area contributed by atoms with Gasteiger partial charge >= 0.3 is 6.18 Å². The van der Waals surface area contributed by atoms with Crippen molar-refractivity contribution in [2.75, 3.05) is 11.1 Å². The van der Waals surface area contributed by atoms with Crippen molar-refractivity contribution in [1.29, 1.82) is 0 Å². The fourth-order valence-electron chi connectivity index (χ4n) is 3.12. The molecule has 3 rings (SSSR count). The molecule has 0 spiro atoms. The number of carbonyl (C=O) groups is 1. The lowest BCUT2D eigenvalue weighted by molar-refractivity contribution is -0.138. The summed E-state index contributed by atoms with van der Waals surface area (Å²) in [5, 5.41) is 3.02. The van der Waals surface area contributed by atoms with E-state index >= 15 is 0 Å². The van der Waals surface area contributed by atoms with Crippen molar-refractivity contribution in [3.05, 3.63) is 51.3 Å². The smallest absolute Gasteiger partial charge is 0.312 e. The second kappa shape index (κ2) is 6.79. The molecule has 5 nitrogen and oxygen atoms in total. The van der Waals surface area contributed by atoms with E-state index in [2.05, 4.69) is 10.3 Å². The van der Waals surface area contributed by atoms with Crippen LogP contribution in [0, 0.1) is 0 Å². The molecule has 1 aromatic heterocycles. The summed E-state index contributed by atoms with van der Waals surface area (Å²) in [6.45, 7) is 1.89. The van der Waals surface area contributed by atoms with Crippen molar-refractivity contribution in [3.63, 3.8) is 0 Å². The van der Waals surface area contributed by atoms with Gasteiger partial charge in [0.05, 0.1) is 11.1 Å². The van der Waals surface area contributed by atoms with Gasteiger partial charge in [0.2, 0.25) is 5.91 Å². The molecule has 1 N–H and O–H groups in total. The number of benzene rings is 1. The highest BCUT2D eigenvalue weighted by Crippen LogP contribution is 2.41. The van der Waals surface area contributed by atoms with Gasteiger partial charge in [-0.15, -0.1) is 0 Å². The van der Waals surface area contributed by atoms with Gasteiger partial charge in [0.25, 0.3) is 5.56 Å². The van der Waals surface area contributed by atoms with Crippen LogP contribution in [0.2, 0.25) is 0 Å². The minimum atomic E-state index is -4.58. The number of fused-ring (bicyclic) bond motifs is 1. The molecule has 1 atom stereocenters. The van der Waals surface area contributed by atoms with E-state index in [0.717, 1.165) is 6.07 Å². The normalized spacial score (nSPS) is 17.0. The third kappa shape index (κ3) is 3.23. The maximum Gasteiger partial charge on any atom is 0.416 e. The van der Waals surface area contributed by atoms with Gasteiger partial charge in [-0.1, -0.05) is 36.9 Å². The van der Waals surface area contributed by atoms with Crippen LogP contribution in [0.5, 0.6) is 0 Å². The number of aromatic nitrogens is 2. The zero-order valence-corrected chi connectivity index (χ0v) is 14.9. The Morgan fingerprint density at radius 3 is 2.65 bits per heavy atom. The van der Waals surface area contributed by atoms with E-state index in [1.165, 1.54) is 30.0 Å². The number of alkyl halides is 3. The molecule has 1 aliphatic rings. The number of halogens is 3. The summed E-state index contributed by atoms with van der Waals surface area (Å²) in [4.78, 5) is 28.8. The van der Waals surface area contributed by atoms with E-state index < -0.39 is 29.1 Å². The topological polar surface area (TPSA) is 64.0 Å². The van der Waals surface area contributed by atoms with Gasteiger partial charge in [-0.05, 0) is 17.4 Å². The first-order chi connectivity index (χ1) is 12.2. The number of nitrogens with one attached hydrogen (secondary N) is 1. The van der Waals surface area contributed by atoms with Crippen LogP contribution in [0.15, 0.2) is 34.2 Å². The summed E-state index contributed by atoms with van der Waals surface area (Å²) in [6, 6.07) is 5.02. The molecule has 9 heteroatoms. The van der Waals surface area contributed by atoms with Gasteiger partial charge in [0.1, 0.15) is 5.82 Å². The van der Waals surface area contributed by atoms with Gasteiger partial charge < -0.3 is 9.88 Å². The second-order valence-corrected chi connectivity index (χ2v) is 7.07. The monoisotopic (exact) mass is 383 g/mol. The maximum absolute atomic E-state index is 13.4. The van der Waals surface area contributed by atoms with Crippen molar-refractivity contribution >= 4 is 23.5 Å². The Balaban J connectivity index is 2.25. The van der Waals surface area contributed by atoms with Gasteiger partial charge in [0, 0.05) is 19.4 Å². The van der Waals surface area contributed by atoms with Crippen molar-refractivity contribution in [1.82, 2.24) is 9.55 Å². The fraction of sp³-hybridized carbons (Fsp3) is 0.353. The molecule has 26 heavy (non-hydrogen) atoms. The highest BCUT2D eigenvalue weighted by Gasteiger charge is 2.39. The van der Waals surface area contributed by atoms with Crippen molar-refractivity contribution in [2.45, 2.75) is 30.6 Å². The Kier molecular flexibility index (Phi) is 4.83. The average Bonchev–Trinajstić information content (AvgIpc) is 2.58. The Hall–Kier alpha value is -2.29. The summed E-state index contributed by atoms with van der Waals surface area (Å²) < 4.78 is 41.8. The number of amides is 1. The summed E-state index contributed by atoms with van der Waals surface area (Å²) in [5.74, 6) is -0.566. The van der Waals surface area contributed by atoms with E-state index in [-0.39, 0.29) is 23.4 Å². The molecule has 0 saturated carbocycles. The molecule has 0 aliphatic carbocycles. The van der Waals surface area contributed by atoms with Gasteiger partial charge in [-0.2, -0.15) is 18.2 Å². The molecule has 1 amide bonds. The lowest BCUT2D eigenvalue weighted by Gasteiger charge is -2.29. The van der Waals surface area contributed by atoms with Gasteiger partial charge in [0.15, 0.2) is 5.16 Å². The van der Waals surface area contributed by atoms with E-state index in [0.29, 0.717) is 10.9 Å². The first kappa shape index (κ1) is 18.5. The van der Waals surface area contributed by atoms with E-state index in [1.54, 1.807) is 11.6 Å². The quantitative estimate of drug-likeness (QED) is 0.652. The predicted molar refractivity (Wildman–Crippen MR) is 92.4 cm³/mol. The Morgan fingerprint density at radius 1 is 1.31 bits per heavy atom. The second-order valence-electron chi connectivity index (χ2n) is 5.84. The highest BCUT2D eigenvalue weighted by molar-refractivity contribution is 7.99. The molecule has 1 aromatic carbocycles. The Morgan fingerprint density at radius 2 is 2.00 bits per heavy atom. The predicted octanol–water partition coefficient (Wildman–Crippen LogP) is 3.39. The number of nitrogens with zero attached hydrogens (tertiary/aromatic N) is 2. The van der Waals surface area contributed by atoms with Crippen LogP contribution >= 0.6 is 11.8 Å². The molecule has 2 aromatic rings. The molecular weight excluding hydrogens is 367 g/mol. The number of carbonyl (C=O) groups excluding carboxylic acids is 1. The highest BCUT2D eigenvalue weighted by atomic mass is 32.2. The van der Waals surface area contributed by atoms with Crippen LogP contribution in [0.3, 0.4) is 0 Å². The molecule has 2 heterocycles. The molecule has 0 fully saturated rings. The van der Waals surface area contributed by atoms with Gasteiger partial charge in [-0.3, -0.25) is 9.59 Å². The first-order valence-corrected chi connectivity index (χ1v) is 8.92. The lowest BCUT2D eigenvalue weighted by atomic mass is 9.84. The zero-order chi connectivity index (χ0) is 19.1. The molecule has 0 saturated heterocycles. The lowest BCUT2D eigenvalue weighted by Crippen LogP contribution is -2.34. The summed E-state index contributed by atoms with van der Waals surface area (Å²) in [5.41, 5.74) is -1.47. The summed E-state index contributed by atoms with van der Waals surface area (Å²) >= 11 is 1.32. The maximum atomic E-state index is 13.4. The number of hydrogen-bond acceptors (Lipinski definition) is 4. The number of thioether (sulfide) groups is 1. The van der Waals surface area contributed by atoms with E-state index in [1.807, 2.05) is 6.92 Å². The molecule has 0 bridgehead atoms. The SMILES string of the molecule is CCSc1nc(=O)c2c(n1C)NC(=O)C[C@H]2c1ccccc1C(F)(F)F. The minimum Gasteiger partial charge on any atom is -0.312 e. The van der Waals surface area contributed by atoms with E-state index in [4.69, 9.17) is 0 Å². The first-order valence-electron chi connectivity index (χ1n) is 7.93. The van der Waals surface area contributed by atoms with Crippen molar-refractivity contribution < 1.29 is 18.0 Å². The van der Waals surface area contributed by atoms with Crippen molar-refractivity contribution in [3.8, 4) is 0 Å². The van der Waals surface area contributed by atoms with Crippen LogP contribution in [-0.4, -0.2) is 21.2 Å².